The fourth-order valence-electron chi connectivity index (χ4n) is 5.31. The number of nitrogens with zero attached hydrogens (tertiary/aromatic N) is 5. The molecule has 2 fully saturated rings. The Balaban J connectivity index is 1.24. The maximum absolute atomic E-state index is 13.0. The largest absolute Gasteiger partial charge is 0.416 e. The van der Waals surface area contributed by atoms with Gasteiger partial charge in [-0.05, 0) is 62.1 Å². The lowest BCUT2D eigenvalue weighted by atomic mass is 9.95. The second-order valence-corrected chi connectivity index (χ2v) is 12.7. The number of fused-ring (bicyclic) bond motifs is 1. The van der Waals surface area contributed by atoms with Gasteiger partial charge in [0.2, 0.25) is 15.7 Å². The molecule has 1 amide bonds. The minimum Gasteiger partial charge on any atom is -0.307 e. The standard InChI is InChI=1S/C27H26F3N7O3S/c28-27(29,30)20-9-10-33-23(14-20)34-26(38)18-5-3-17(4-6-18)25-35-24(22-15-32-11-13-37(22,25)31)19-2-1-12-36(16-19)41(39,40)21-7-8-21/h3-6,9-11,13-15,19,21H,1-2,7-8,12,16,31H2/p+1. The third kappa shape index (κ3) is 5.12. The summed E-state index contributed by atoms with van der Waals surface area (Å²) < 4.78 is 66.2. The summed E-state index contributed by atoms with van der Waals surface area (Å²) in [4.78, 5) is 25.7. The van der Waals surface area contributed by atoms with Crippen molar-refractivity contribution < 1.29 is 31.0 Å². The zero-order chi connectivity index (χ0) is 29.0. The number of aliphatic imine (C=N–C) groups is 2. The van der Waals surface area contributed by atoms with E-state index in [0.29, 0.717) is 55.1 Å². The molecule has 1 aromatic carbocycles. The highest BCUT2D eigenvalue weighted by atomic mass is 32.2. The van der Waals surface area contributed by atoms with Gasteiger partial charge in [-0.2, -0.15) is 24.0 Å². The molecule has 4 heterocycles. The zero-order valence-electron chi connectivity index (χ0n) is 21.8. The number of benzene rings is 1. The molecule has 1 saturated heterocycles. The molecule has 2 unspecified atom stereocenters. The molecule has 41 heavy (non-hydrogen) atoms. The van der Waals surface area contributed by atoms with Gasteiger partial charge in [-0.15, -0.1) is 4.59 Å². The number of aromatic nitrogens is 1. The third-order valence-electron chi connectivity index (χ3n) is 7.63. The van der Waals surface area contributed by atoms with Gasteiger partial charge in [-0.25, -0.2) is 17.7 Å². The Hall–Kier alpha value is -3.72. The summed E-state index contributed by atoms with van der Waals surface area (Å²) in [5, 5.41) is 2.10. The van der Waals surface area contributed by atoms with Crippen molar-refractivity contribution >= 4 is 33.8 Å². The maximum Gasteiger partial charge on any atom is 0.416 e. The van der Waals surface area contributed by atoms with Crippen LogP contribution in [0.2, 0.25) is 0 Å². The molecule has 4 aliphatic rings. The first kappa shape index (κ1) is 27.4. The van der Waals surface area contributed by atoms with Crippen LogP contribution < -0.4 is 11.2 Å². The monoisotopic (exact) mass is 586 g/mol. The van der Waals surface area contributed by atoms with Crippen molar-refractivity contribution in [3.63, 3.8) is 0 Å². The number of halogens is 3. The van der Waals surface area contributed by atoms with E-state index in [1.807, 2.05) is 0 Å². The Morgan fingerprint density at radius 3 is 2.59 bits per heavy atom. The number of amidine groups is 1. The Morgan fingerprint density at radius 1 is 1.12 bits per heavy atom. The van der Waals surface area contributed by atoms with Crippen molar-refractivity contribution in [1.82, 2.24) is 9.29 Å². The number of carbonyl (C=O) groups is 1. The summed E-state index contributed by atoms with van der Waals surface area (Å²) >= 11 is 0. The van der Waals surface area contributed by atoms with E-state index >= 15 is 0 Å². The number of piperidine rings is 1. The van der Waals surface area contributed by atoms with Crippen molar-refractivity contribution in [2.24, 2.45) is 21.7 Å². The maximum atomic E-state index is 13.0. The van der Waals surface area contributed by atoms with Crippen LogP contribution in [0.15, 0.2) is 76.4 Å². The molecule has 14 heteroatoms. The number of carbonyl (C=O) groups excluding carboxylic acids is 1. The highest BCUT2D eigenvalue weighted by Gasteiger charge is 2.48. The molecule has 6 rings (SSSR count). The number of hydrogen-bond acceptors (Lipinski definition) is 7. The fraction of sp³-hybridized carbons (Fsp3) is 0.333. The van der Waals surface area contributed by atoms with Crippen molar-refractivity contribution in [3.8, 4) is 0 Å². The first-order chi connectivity index (χ1) is 19.5. The Bertz CT molecular complexity index is 1630. The smallest absolute Gasteiger partial charge is 0.307 e. The Kier molecular flexibility index (Phi) is 6.68. The van der Waals surface area contributed by atoms with E-state index in [0.717, 1.165) is 24.8 Å². The average molecular weight is 587 g/mol. The number of alkyl halides is 3. The first-order valence-corrected chi connectivity index (χ1v) is 14.6. The molecule has 3 N–H and O–H groups in total. The van der Waals surface area contributed by atoms with Crippen molar-refractivity contribution in [1.29, 1.82) is 0 Å². The van der Waals surface area contributed by atoms with Crippen molar-refractivity contribution in [2.75, 3.05) is 18.4 Å². The highest BCUT2D eigenvalue weighted by molar-refractivity contribution is 7.90. The third-order valence-corrected chi connectivity index (χ3v) is 10.00. The number of nitrogens with one attached hydrogen (secondary N) is 1. The van der Waals surface area contributed by atoms with Gasteiger partial charge in [0.25, 0.3) is 11.7 Å². The number of sulfonamides is 1. The van der Waals surface area contributed by atoms with E-state index in [1.165, 1.54) is 12.1 Å². The zero-order valence-corrected chi connectivity index (χ0v) is 22.6. The number of anilines is 1. The second-order valence-electron chi connectivity index (χ2n) is 10.5. The normalized spacial score (nSPS) is 24.8. The molecule has 0 spiro atoms. The van der Waals surface area contributed by atoms with Crippen molar-refractivity contribution in [2.45, 2.75) is 37.1 Å². The van der Waals surface area contributed by atoms with Crippen LogP contribution in [0.3, 0.4) is 0 Å². The molecule has 1 aromatic heterocycles. The van der Waals surface area contributed by atoms with Gasteiger partial charge in [0.15, 0.2) is 0 Å². The highest BCUT2D eigenvalue weighted by Crippen LogP contribution is 2.40. The predicted molar refractivity (Wildman–Crippen MR) is 146 cm³/mol. The number of quaternary nitrogens is 1. The van der Waals surface area contributed by atoms with E-state index in [4.69, 9.17) is 10.8 Å². The van der Waals surface area contributed by atoms with Crippen LogP contribution in [0.5, 0.6) is 0 Å². The predicted octanol–water partition coefficient (Wildman–Crippen LogP) is 3.77. The number of allylic oxidation sites excluding steroid dienone is 1. The van der Waals surface area contributed by atoms with Crippen LogP contribution in [-0.4, -0.2) is 58.6 Å². The Morgan fingerprint density at radius 2 is 1.88 bits per heavy atom. The van der Waals surface area contributed by atoms with E-state index in [1.54, 1.807) is 35.1 Å². The van der Waals surface area contributed by atoms with E-state index in [2.05, 4.69) is 15.3 Å². The van der Waals surface area contributed by atoms with Crippen LogP contribution in [-0.2, 0) is 16.2 Å². The molecule has 3 aliphatic heterocycles. The molecular weight excluding hydrogens is 559 g/mol. The lowest BCUT2D eigenvalue weighted by Crippen LogP contribution is -2.53. The van der Waals surface area contributed by atoms with Crippen LogP contribution in [0, 0.1) is 5.92 Å². The number of pyridine rings is 1. The van der Waals surface area contributed by atoms with Gasteiger partial charge in [-0.3, -0.25) is 9.79 Å². The molecule has 2 aromatic rings. The summed E-state index contributed by atoms with van der Waals surface area (Å²) in [6.07, 6.45) is 4.17. The summed E-state index contributed by atoms with van der Waals surface area (Å²) in [5.41, 5.74) is 1.23. The molecule has 1 saturated carbocycles. The summed E-state index contributed by atoms with van der Waals surface area (Å²) in [7, 11) is -3.33. The van der Waals surface area contributed by atoms with Crippen molar-refractivity contribution in [3.05, 3.63) is 83.1 Å². The van der Waals surface area contributed by atoms with E-state index in [9.17, 15) is 26.4 Å². The Labute approximate surface area is 234 Å². The molecule has 0 bridgehead atoms. The van der Waals surface area contributed by atoms with Gasteiger partial charge in [0.05, 0.1) is 28.8 Å². The lowest BCUT2D eigenvalue weighted by Gasteiger charge is -2.32. The molecule has 10 nitrogen and oxygen atoms in total. The summed E-state index contributed by atoms with van der Waals surface area (Å²) in [6, 6.07) is 7.96. The summed E-state index contributed by atoms with van der Waals surface area (Å²) in [6.45, 7) is 0.819. The quantitative estimate of drug-likeness (QED) is 0.393. The molecule has 214 valence electrons. The average Bonchev–Trinajstić information content (AvgIpc) is 3.76. The molecule has 1 aliphatic carbocycles. The SMILES string of the molecule is N[N+]12C=CN=CC1=C(C1CCCN(S(=O)(=O)C3CC3)C1)N=C2c1ccc(C(=O)Nc2cc(C(F)(F)F)ccn2)cc1. The van der Waals surface area contributed by atoms with Crippen LogP contribution in [0.1, 0.15) is 47.2 Å². The van der Waals surface area contributed by atoms with Gasteiger partial charge in [0, 0.05) is 30.8 Å². The minimum absolute atomic E-state index is 0.159. The number of hydrogen-bond donors (Lipinski definition) is 2. The number of amides is 1. The number of rotatable bonds is 6. The van der Waals surface area contributed by atoms with Gasteiger partial charge >= 0.3 is 6.18 Å². The van der Waals surface area contributed by atoms with Crippen LogP contribution in [0.4, 0.5) is 19.0 Å². The van der Waals surface area contributed by atoms with Gasteiger partial charge in [0.1, 0.15) is 17.7 Å². The molecule has 2 atom stereocenters. The summed E-state index contributed by atoms with van der Waals surface area (Å²) in [5.74, 6) is 6.30. The van der Waals surface area contributed by atoms with Gasteiger partial charge < -0.3 is 5.32 Å². The van der Waals surface area contributed by atoms with Crippen LogP contribution >= 0.6 is 0 Å². The molecular formula is C27H27F3N7O3S+. The minimum atomic E-state index is -4.56. The van der Waals surface area contributed by atoms with E-state index < -0.39 is 27.7 Å². The topological polar surface area (TPSA) is 130 Å². The fourth-order valence-corrected chi connectivity index (χ4v) is 7.24. The lowest BCUT2D eigenvalue weighted by molar-refractivity contribution is -0.750. The second kappa shape index (κ2) is 9.98. The van der Waals surface area contributed by atoms with E-state index in [-0.39, 0.29) is 27.1 Å². The number of nitrogens with two attached hydrogens (primary N) is 1. The van der Waals surface area contributed by atoms with Gasteiger partial charge in [-0.1, -0.05) is 0 Å². The van der Waals surface area contributed by atoms with Crippen LogP contribution in [0.25, 0.3) is 0 Å². The first-order valence-electron chi connectivity index (χ1n) is 13.1. The molecule has 0 radical (unpaired) electrons.